The lowest BCUT2D eigenvalue weighted by Gasteiger charge is -2.29. The van der Waals surface area contributed by atoms with E-state index in [0.29, 0.717) is 11.8 Å². The molecule has 0 amide bonds. The number of hydrogen-bond acceptors (Lipinski definition) is 2. The summed E-state index contributed by atoms with van der Waals surface area (Å²) in [7, 11) is 0. The Morgan fingerprint density at radius 1 is 0.593 bits per heavy atom. The Labute approximate surface area is 170 Å². The second kappa shape index (κ2) is 17.1. The van der Waals surface area contributed by atoms with Crippen molar-refractivity contribution in [1.82, 2.24) is 0 Å². The van der Waals surface area contributed by atoms with E-state index in [1.165, 1.54) is 70.6 Å². The molecule has 5 unspecified atom stereocenters. The molecule has 0 aromatic carbocycles. The molecule has 5 atom stereocenters. The second-order valence-electron chi connectivity index (χ2n) is 8.95. The van der Waals surface area contributed by atoms with Gasteiger partial charge in [-0.1, -0.05) is 72.6 Å². The van der Waals surface area contributed by atoms with E-state index >= 15 is 0 Å². The van der Waals surface area contributed by atoms with E-state index in [-0.39, 0.29) is 5.92 Å². The van der Waals surface area contributed by atoms with Crippen LogP contribution in [0.1, 0.15) is 118 Å². The van der Waals surface area contributed by atoms with Gasteiger partial charge >= 0.3 is 0 Å². The van der Waals surface area contributed by atoms with E-state index < -0.39 is 0 Å². The molecule has 0 spiro atoms. The second-order valence-corrected chi connectivity index (χ2v) is 8.95. The number of nitrogens with zero attached hydrogens (tertiary/aromatic N) is 2. The van der Waals surface area contributed by atoms with Crippen LogP contribution in [0.5, 0.6) is 0 Å². The highest BCUT2D eigenvalue weighted by molar-refractivity contribution is 4.83. The third kappa shape index (κ3) is 12.9. The molecule has 2 nitrogen and oxygen atoms in total. The summed E-state index contributed by atoms with van der Waals surface area (Å²) in [6, 6.07) is 4.87. The van der Waals surface area contributed by atoms with Crippen molar-refractivity contribution in [2.45, 2.75) is 118 Å². The van der Waals surface area contributed by atoms with Gasteiger partial charge in [0, 0.05) is 12.3 Å². The van der Waals surface area contributed by atoms with Gasteiger partial charge in [0.2, 0.25) is 0 Å². The number of rotatable bonds is 17. The summed E-state index contributed by atoms with van der Waals surface area (Å²) >= 11 is 0. The third-order valence-electron chi connectivity index (χ3n) is 6.07. The van der Waals surface area contributed by atoms with Gasteiger partial charge in [-0.25, -0.2) is 0 Å². The lowest BCUT2D eigenvalue weighted by atomic mass is 9.76. The Hall–Kier alpha value is -1.02. The van der Waals surface area contributed by atoms with Crippen LogP contribution in [0.4, 0.5) is 0 Å². The molecule has 0 saturated heterocycles. The summed E-state index contributed by atoms with van der Waals surface area (Å²) in [5.74, 6) is 3.03. The van der Waals surface area contributed by atoms with Crippen molar-refractivity contribution in [1.29, 1.82) is 10.5 Å². The fourth-order valence-corrected chi connectivity index (χ4v) is 5.03. The van der Waals surface area contributed by atoms with Gasteiger partial charge in [-0.3, -0.25) is 0 Å². The summed E-state index contributed by atoms with van der Waals surface area (Å²) in [5.41, 5.74) is 0. The van der Waals surface area contributed by atoms with Crippen LogP contribution in [-0.2, 0) is 0 Å². The zero-order valence-electron chi connectivity index (χ0n) is 19.0. The normalized spacial score (nSPS) is 16.7. The van der Waals surface area contributed by atoms with Crippen LogP contribution in [0.2, 0.25) is 0 Å². The predicted molar refractivity (Wildman–Crippen MR) is 117 cm³/mol. The molecule has 0 heterocycles. The maximum absolute atomic E-state index is 9.23. The molecule has 0 aromatic rings. The van der Waals surface area contributed by atoms with Gasteiger partial charge in [-0.15, -0.1) is 0 Å². The van der Waals surface area contributed by atoms with Crippen LogP contribution in [-0.4, -0.2) is 0 Å². The molecule has 0 bridgehead atoms. The average molecular weight is 375 g/mol. The molecular formula is C25H46N2. The van der Waals surface area contributed by atoms with Gasteiger partial charge in [0.25, 0.3) is 0 Å². The first-order chi connectivity index (χ1) is 13.0. The highest BCUT2D eigenvalue weighted by atomic mass is 14.3. The van der Waals surface area contributed by atoms with Crippen molar-refractivity contribution in [2.24, 2.45) is 29.6 Å². The van der Waals surface area contributed by atoms with E-state index in [1.54, 1.807) is 0 Å². The van der Waals surface area contributed by atoms with Crippen LogP contribution < -0.4 is 0 Å². The highest BCUT2D eigenvalue weighted by Gasteiger charge is 2.23. The molecular weight excluding hydrogens is 328 g/mol. The van der Waals surface area contributed by atoms with Crippen LogP contribution in [0, 0.1) is 52.3 Å². The average Bonchev–Trinajstić information content (AvgIpc) is 2.62. The lowest BCUT2D eigenvalue weighted by molar-refractivity contribution is 0.228. The van der Waals surface area contributed by atoms with Gasteiger partial charge in [-0.2, -0.15) is 10.5 Å². The Bertz CT molecular complexity index is 417. The van der Waals surface area contributed by atoms with Crippen LogP contribution >= 0.6 is 0 Å². The van der Waals surface area contributed by atoms with E-state index in [9.17, 15) is 10.5 Å². The van der Waals surface area contributed by atoms with Gasteiger partial charge in [0.1, 0.15) is 0 Å². The minimum atomic E-state index is 0.180. The summed E-state index contributed by atoms with van der Waals surface area (Å²) in [5, 5.41) is 18.4. The first-order valence-electron chi connectivity index (χ1n) is 11.8. The SMILES string of the molecule is CCCC(CC#N)CC(CCC)CC(CCC)CC(CCC)CC(C)C#N. The minimum absolute atomic E-state index is 0.180. The summed E-state index contributed by atoms with van der Waals surface area (Å²) in [6.07, 6.45) is 15.7. The van der Waals surface area contributed by atoms with E-state index in [1.807, 2.05) is 0 Å². The fourth-order valence-electron chi connectivity index (χ4n) is 5.03. The zero-order valence-corrected chi connectivity index (χ0v) is 19.0. The Morgan fingerprint density at radius 3 is 1.33 bits per heavy atom. The van der Waals surface area contributed by atoms with Crippen LogP contribution in [0.3, 0.4) is 0 Å². The van der Waals surface area contributed by atoms with Crippen LogP contribution in [0.15, 0.2) is 0 Å². The third-order valence-corrected chi connectivity index (χ3v) is 6.07. The summed E-state index contributed by atoms with van der Waals surface area (Å²) in [6.45, 7) is 11.2. The van der Waals surface area contributed by atoms with Crippen molar-refractivity contribution >= 4 is 0 Å². The Balaban J connectivity index is 4.98. The summed E-state index contributed by atoms with van der Waals surface area (Å²) < 4.78 is 0. The molecule has 0 radical (unpaired) electrons. The first-order valence-corrected chi connectivity index (χ1v) is 11.8. The quantitative estimate of drug-likeness (QED) is 0.257. The molecule has 0 aliphatic carbocycles. The number of hydrogen-bond donors (Lipinski definition) is 0. The Morgan fingerprint density at radius 2 is 0.963 bits per heavy atom. The van der Waals surface area contributed by atoms with E-state index in [2.05, 4.69) is 46.8 Å². The predicted octanol–water partition coefficient (Wildman–Crippen LogP) is 8.29. The Kier molecular flexibility index (Phi) is 16.5. The molecule has 27 heavy (non-hydrogen) atoms. The largest absolute Gasteiger partial charge is 0.198 e. The number of nitriles is 2. The first kappa shape index (κ1) is 26.0. The molecule has 0 aliphatic rings. The van der Waals surface area contributed by atoms with Gasteiger partial charge in [0.05, 0.1) is 12.1 Å². The van der Waals surface area contributed by atoms with Gasteiger partial charge in [0.15, 0.2) is 0 Å². The fraction of sp³-hybridized carbons (Fsp3) is 0.920. The maximum atomic E-state index is 9.23. The summed E-state index contributed by atoms with van der Waals surface area (Å²) in [4.78, 5) is 0. The smallest absolute Gasteiger partial charge is 0.0652 e. The molecule has 0 saturated carbocycles. The van der Waals surface area contributed by atoms with Crippen molar-refractivity contribution in [3.8, 4) is 12.1 Å². The van der Waals surface area contributed by atoms with Crippen molar-refractivity contribution in [3.63, 3.8) is 0 Å². The van der Waals surface area contributed by atoms with E-state index in [4.69, 9.17) is 0 Å². The standard InChI is InChI=1S/C25H46N2/c1-6-10-22(14-15-26)17-24(12-8-3)19-25(13-9-4)18-23(11-7-2)16-21(5)20-27/h21-25H,6-14,16-19H2,1-5H3. The van der Waals surface area contributed by atoms with Gasteiger partial charge in [-0.05, 0) is 62.7 Å². The maximum Gasteiger partial charge on any atom is 0.0652 e. The molecule has 0 fully saturated rings. The highest BCUT2D eigenvalue weighted by Crippen LogP contribution is 2.35. The zero-order chi connectivity index (χ0) is 20.5. The van der Waals surface area contributed by atoms with E-state index in [0.717, 1.165) is 24.7 Å². The molecule has 156 valence electrons. The lowest BCUT2D eigenvalue weighted by Crippen LogP contribution is -2.17. The van der Waals surface area contributed by atoms with Crippen molar-refractivity contribution in [3.05, 3.63) is 0 Å². The molecule has 0 aliphatic heterocycles. The molecule has 2 heteroatoms. The molecule has 0 rings (SSSR count). The van der Waals surface area contributed by atoms with Gasteiger partial charge < -0.3 is 0 Å². The van der Waals surface area contributed by atoms with Crippen LogP contribution in [0.25, 0.3) is 0 Å². The van der Waals surface area contributed by atoms with Crippen molar-refractivity contribution in [2.75, 3.05) is 0 Å². The monoisotopic (exact) mass is 374 g/mol. The topological polar surface area (TPSA) is 47.6 Å². The molecule has 0 N–H and O–H groups in total. The minimum Gasteiger partial charge on any atom is -0.198 e. The molecule has 0 aromatic heterocycles. The van der Waals surface area contributed by atoms with Crippen molar-refractivity contribution < 1.29 is 0 Å².